The maximum absolute atomic E-state index is 13.7. The third-order valence-corrected chi connectivity index (χ3v) is 6.20. The number of amides is 1. The van der Waals surface area contributed by atoms with Crippen molar-refractivity contribution in [2.75, 3.05) is 13.2 Å². The van der Waals surface area contributed by atoms with E-state index in [2.05, 4.69) is 4.98 Å². The predicted molar refractivity (Wildman–Crippen MR) is 129 cm³/mol. The SMILES string of the molecule is Cc1oc(C=Cc2ccccc2)nc1CCOc1ccc2c(c1)C(C(=O)O)N(C(=O)C(F)(F)C(F)(F)F)CC2. The summed E-state index contributed by atoms with van der Waals surface area (Å²) in [6.07, 6.45) is -2.38. The molecule has 4 rings (SSSR count). The Labute approximate surface area is 219 Å². The van der Waals surface area contributed by atoms with E-state index >= 15 is 0 Å². The third-order valence-electron chi connectivity index (χ3n) is 6.20. The van der Waals surface area contributed by atoms with Crippen molar-refractivity contribution in [3.63, 3.8) is 0 Å². The molecule has 2 heterocycles. The van der Waals surface area contributed by atoms with Crippen LogP contribution in [0.1, 0.15) is 40.1 Å². The highest BCUT2D eigenvalue weighted by Crippen LogP contribution is 2.41. The number of fused-ring (bicyclic) bond motifs is 1. The van der Waals surface area contributed by atoms with E-state index in [9.17, 15) is 36.6 Å². The second-order valence-electron chi connectivity index (χ2n) is 8.82. The lowest BCUT2D eigenvalue weighted by Crippen LogP contribution is -2.55. The number of carbonyl (C=O) groups excluding carboxylic acids is 1. The van der Waals surface area contributed by atoms with Gasteiger partial charge in [-0.25, -0.2) is 9.78 Å². The topological polar surface area (TPSA) is 92.9 Å². The number of ether oxygens (including phenoxy) is 1. The third kappa shape index (κ3) is 5.94. The molecule has 39 heavy (non-hydrogen) atoms. The first kappa shape index (κ1) is 27.8. The monoisotopic (exact) mass is 550 g/mol. The number of halogens is 5. The van der Waals surface area contributed by atoms with Gasteiger partial charge >= 0.3 is 24.0 Å². The van der Waals surface area contributed by atoms with E-state index in [1.165, 1.54) is 18.2 Å². The minimum atomic E-state index is -6.16. The fourth-order valence-electron chi connectivity index (χ4n) is 4.22. The Kier molecular flexibility index (Phi) is 7.75. The first-order valence-electron chi connectivity index (χ1n) is 11.8. The number of aliphatic carboxylic acids is 1. The van der Waals surface area contributed by atoms with Crippen molar-refractivity contribution in [1.29, 1.82) is 0 Å². The highest BCUT2D eigenvalue weighted by Gasteiger charge is 2.65. The standard InChI is InChI=1S/C27H23F5N2O5/c1-16-21(33-22(39-16)10-7-17-5-3-2-4-6-17)12-14-38-19-9-8-18-11-13-34(23(24(35)36)20(18)15-19)25(37)26(28,29)27(30,31)32/h2-10,15,23H,11-14H2,1H3,(H,35,36). The van der Waals surface area contributed by atoms with Gasteiger partial charge in [0.2, 0.25) is 5.89 Å². The normalized spacial score (nSPS) is 15.8. The van der Waals surface area contributed by atoms with E-state index in [1.54, 1.807) is 13.0 Å². The van der Waals surface area contributed by atoms with E-state index in [0.717, 1.165) is 5.56 Å². The summed E-state index contributed by atoms with van der Waals surface area (Å²) in [5, 5.41) is 9.65. The fraction of sp³-hybridized carbons (Fsp3) is 0.296. The van der Waals surface area contributed by atoms with Crippen LogP contribution in [0, 0.1) is 6.92 Å². The van der Waals surface area contributed by atoms with Gasteiger partial charge in [0, 0.05) is 19.0 Å². The molecule has 0 radical (unpaired) electrons. The minimum absolute atomic E-state index is 0.0468. The number of carbonyl (C=O) groups is 2. The molecule has 1 aromatic heterocycles. The zero-order valence-corrected chi connectivity index (χ0v) is 20.5. The molecular weight excluding hydrogens is 527 g/mol. The lowest BCUT2D eigenvalue weighted by atomic mass is 9.91. The van der Waals surface area contributed by atoms with Crippen molar-refractivity contribution in [2.45, 2.75) is 37.9 Å². The summed E-state index contributed by atoms with van der Waals surface area (Å²) in [4.78, 5) is 28.5. The van der Waals surface area contributed by atoms with E-state index in [4.69, 9.17) is 9.15 Å². The first-order chi connectivity index (χ1) is 18.4. The van der Waals surface area contributed by atoms with Crippen LogP contribution >= 0.6 is 0 Å². The van der Waals surface area contributed by atoms with Crippen LogP contribution in [0.3, 0.4) is 0 Å². The van der Waals surface area contributed by atoms with E-state index in [1.807, 2.05) is 36.4 Å². The van der Waals surface area contributed by atoms with Crippen LogP contribution in [0.5, 0.6) is 5.75 Å². The van der Waals surface area contributed by atoms with Crippen molar-refractivity contribution in [2.24, 2.45) is 0 Å². The number of hydrogen-bond acceptors (Lipinski definition) is 5. The van der Waals surface area contributed by atoms with Crippen molar-refractivity contribution in [1.82, 2.24) is 9.88 Å². The summed E-state index contributed by atoms with van der Waals surface area (Å²) in [5.41, 5.74) is 1.89. The molecule has 1 amide bonds. The Hall–Kier alpha value is -4.22. The average molecular weight is 550 g/mol. The number of alkyl halides is 5. The van der Waals surface area contributed by atoms with Crippen LogP contribution in [-0.4, -0.2) is 52.1 Å². The van der Waals surface area contributed by atoms with Crippen molar-refractivity contribution < 1.29 is 45.8 Å². The number of rotatable bonds is 8. The summed E-state index contributed by atoms with van der Waals surface area (Å²) in [5.74, 6) is -8.96. The molecule has 0 bridgehead atoms. The second kappa shape index (κ2) is 10.9. The summed E-state index contributed by atoms with van der Waals surface area (Å²) in [7, 11) is 0. The molecule has 1 N–H and O–H groups in total. The van der Waals surface area contributed by atoms with E-state index < -0.39 is 36.6 Å². The molecule has 1 aliphatic heterocycles. The number of oxazole rings is 1. The molecule has 7 nitrogen and oxygen atoms in total. The zero-order valence-electron chi connectivity index (χ0n) is 20.5. The molecule has 0 aliphatic carbocycles. The van der Waals surface area contributed by atoms with Crippen LogP contribution < -0.4 is 4.74 Å². The lowest BCUT2D eigenvalue weighted by Gasteiger charge is -2.37. The number of hydrogen-bond donors (Lipinski definition) is 1. The quantitative estimate of drug-likeness (QED) is 0.374. The van der Waals surface area contributed by atoms with Gasteiger partial charge in [-0.1, -0.05) is 36.4 Å². The molecule has 0 saturated carbocycles. The number of aryl methyl sites for hydroxylation is 1. The molecule has 0 saturated heterocycles. The Morgan fingerprint density at radius 1 is 1.13 bits per heavy atom. The maximum atomic E-state index is 13.7. The molecule has 1 aliphatic rings. The molecule has 12 heteroatoms. The Balaban J connectivity index is 1.46. The lowest BCUT2D eigenvalue weighted by molar-refractivity contribution is -0.275. The van der Waals surface area contributed by atoms with Gasteiger partial charge in [-0.2, -0.15) is 22.0 Å². The number of aromatic nitrogens is 1. The zero-order chi connectivity index (χ0) is 28.4. The molecular formula is C27H23F5N2O5. The van der Waals surface area contributed by atoms with E-state index in [0.29, 0.717) is 29.3 Å². The average Bonchev–Trinajstić information content (AvgIpc) is 3.25. The van der Waals surface area contributed by atoms with Gasteiger partial charge in [0.25, 0.3) is 0 Å². The van der Waals surface area contributed by atoms with Crippen LogP contribution in [0.25, 0.3) is 12.2 Å². The summed E-state index contributed by atoms with van der Waals surface area (Å²) in [6, 6.07) is 11.8. The van der Waals surface area contributed by atoms with Crippen LogP contribution in [0.2, 0.25) is 0 Å². The van der Waals surface area contributed by atoms with Gasteiger partial charge in [-0.05, 0) is 48.2 Å². The largest absolute Gasteiger partial charge is 0.493 e. The Morgan fingerprint density at radius 2 is 1.85 bits per heavy atom. The molecule has 206 valence electrons. The number of nitrogens with zero attached hydrogens (tertiary/aromatic N) is 2. The molecule has 0 spiro atoms. The van der Waals surface area contributed by atoms with E-state index in [-0.39, 0.29) is 29.2 Å². The van der Waals surface area contributed by atoms with Gasteiger partial charge in [0.05, 0.1) is 12.3 Å². The second-order valence-corrected chi connectivity index (χ2v) is 8.82. The highest BCUT2D eigenvalue weighted by atomic mass is 19.4. The predicted octanol–water partition coefficient (Wildman–Crippen LogP) is 5.48. The van der Waals surface area contributed by atoms with Crippen LogP contribution in [-0.2, 0) is 22.4 Å². The number of carboxylic acid groups (broad SMARTS) is 1. The van der Waals surface area contributed by atoms with Crippen molar-refractivity contribution in [3.8, 4) is 5.75 Å². The summed E-state index contributed by atoms with van der Waals surface area (Å²) < 4.78 is 77.2. The fourth-order valence-corrected chi connectivity index (χ4v) is 4.22. The first-order valence-corrected chi connectivity index (χ1v) is 11.8. The molecule has 3 aromatic rings. The van der Waals surface area contributed by atoms with Gasteiger partial charge in [0.1, 0.15) is 11.5 Å². The molecule has 2 aromatic carbocycles. The molecule has 0 fully saturated rings. The minimum Gasteiger partial charge on any atom is -0.493 e. The van der Waals surface area contributed by atoms with Gasteiger partial charge in [0.15, 0.2) is 6.04 Å². The van der Waals surface area contributed by atoms with Gasteiger partial charge in [-0.15, -0.1) is 0 Å². The molecule has 1 unspecified atom stereocenters. The van der Waals surface area contributed by atoms with Crippen LogP contribution in [0.15, 0.2) is 52.9 Å². The van der Waals surface area contributed by atoms with Crippen molar-refractivity contribution >= 4 is 24.0 Å². The smallest absolute Gasteiger partial charge is 0.463 e. The number of carboxylic acids is 1. The highest BCUT2D eigenvalue weighted by molar-refractivity contribution is 5.90. The number of benzene rings is 2. The summed E-state index contributed by atoms with van der Waals surface area (Å²) >= 11 is 0. The van der Waals surface area contributed by atoms with Crippen LogP contribution in [0.4, 0.5) is 22.0 Å². The maximum Gasteiger partial charge on any atom is 0.463 e. The Morgan fingerprint density at radius 3 is 2.51 bits per heavy atom. The molecule has 1 atom stereocenters. The van der Waals surface area contributed by atoms with Gasteiger partial charge < -0.3 is 19.2 Å². The Bertz CT molecular complexity index is 1380. The van der Waals surface area contributed by atoms with Crippen molar-refractivity contribution in [3.05, 3.63) is 82.6 Å². The summed E-state index contributed by atoms with van der Waals surface area (Å²) in [6.45, 7) is 1.21. The van der Waals surface area contributed by atoms with Gasteiger partial charge in [-0.3, -0.25) is 4.79 Å².